The number of hydrogen-bond acceptors (Lipinski definition) is 3. The van der Waals surface area contributed by atoms with Gasteiger partial charge in [0.1, 0.15) is 11.6 Å². The van der Waals surface area contributed by atoms with E-state index in [-0.39, 0.29) is 11.6 Å². The molecule has 0 N–H and O–H groups in total. The molecule has 0 atom stereocenters. The lowest BCUT2D eigenvalue weighted by atomic mass is 10.1. The number of hydrogen-bond donors (Lipinski definition) is 0. The van der Waals surface area contributed by atoms with Crippen molar-refractivity contribution in [2.75, 3.05) is 0 Å². The molecule has 82 valence electrons. The first-order valence-electron chi connectivity index (χ1n) is 4.87. The third kappa shape index (κ3) is 2.97. The first kappa shape index (κ1) is 11.0. The van der Waals surface area contributed by atoms with Gasteiger partial charge in [-0.15, -0.1) is 11.3 Å². The number of ketones is 1. The maximum Gasteiger partial charge on any atom is 0.142 e. The molecule has 0 spiro atoms. The molecule has 0 saturated carbocycles. The molecule has 2 aromatic rings. The lowest BCUT2D eigenvalue weighted by Gasteiger charge is -1.99. The zero-order valence-electron chi connectivity index (χ0n) is 8.52. The van der Waals surface area contributed by atoms with Crippen molar-refractivity contribution in [3.63, 3.8) is 0 Å². The Morgan fingerprint density at radius 2 is 2.00 bits per heavy atom. The minimum atomic E-state index is -0.279. The zero-order valence-corrected chi connectivity index (χ0v) is 9.34. The number of nitrogens with zero attached hydrogens (tertiary/aromatic N) is 1. The Balaban J connectivity index is 1.95. The Morgan fingerprint density at radius 1 is 1.25 bits per heavy atom. The Hall–Kier alpha value is -1.55. The number of Topliss-reactive ketones (excluding diaryl/α,β-unsaturated/α-hetero) is 1. The quantitative estimate of drug-likeness (QED) is 0.815. The van der Waals surface area contributed by atoms with Crippen molar-refractivity contribution in [3.05, 3.63) is 52.2 Å². The minimum Gasteiger partial charge on any atom is -0.299 e. The molecule has 0 saturated heterocycles. The van der Waals surface area contributed by atoms with E-state index in [1.807, 2.05) is 0 Å². The standard InChI is InChI=1S/C12H10FNOS/c13-10-3-1-9(2-4-10)5-11(15)6-12-7-14-8-16-12/h1-4,7-8H,5-6H2. The fourth-order valence-electron chi connectivity index (χ4n) is 1.42. The summed E-state index contributed by atoms with van der Waals surface area (Å²) in [6.45, 7) is 0. The first-order chi connectivity index (χ1) is 7.74. The summed E-state index contributed by atoms with van der Waals surface area (Å²) in [7, 11) is 0. The van der Waals surface area contributed by atoms with E-state index in [1.165, 1.54) is 23.5 Å². The van der Waals surface area contributed by atoms with Gasteiger partial charge < -0.3 is 0 Å². The van der Waals surface area contributed by atoms with Gasteiger partial charge in [0.2, 0.25) is 0 Å². The van der Waals surface area contributed by atoms with Gasteiger partial charge in [-0.25, -0.2) is 4.39 Å². The predicted octanol–water partition coefficient (Wildman–Crippen LogP) is 2.64. The fourth-order valence-corrected chi connectivity index (χ4v) is 2.04. The topological polar surface area (TPSA) is 30.0 Å². The molecule has 0 aliphatic heterocycles. The summed E-state index contributed by atoms with van der Waals surface area (Å²) < 4.78 is 12.6. The molecule has 1 heterocycles. The average Bonchev–Trinajstić information content (AvgIpc) is 2.74. The van der Waals surface area contributed by atoms with Crippen LogP contribution in [0.15, 0.2) is 36.0 Å². The van der Waals surface area contributed by atoms with Gasteiger partial charge in [-0.05, 0) is 17.7 Å². The van der Waals surface area contributed by atoms with E-state index in [4.69, 9.17) is 0 Å². The van der Waals surface area contributed by atoms with Gasteiger partial charge in [0.25, 0.3) is 0 Å². The molecule has 2 rings (SSSR count). The molecule has 4 heteroatoms. The molecule has 16 heavy (non-hydrogen) atoms. The first-order valence-corrected chi connectivity index (χ1v) is 5.75. The number of thiazole rings is 1. The predicted molar refractivity (Wildman–Crippen MR) is 60.9 cm³/mol. The van der Waals surface area contributed by atoms with Crippen LogP contribution in [0.25, 0.3) is 0 Å². The van der Waals surface area contributed by atoms with Crippen LogP contribution in [-0.2, 0) is 17.6 Å². The van der Waals surface area contributed by atoms with Crippen molar-refractivity contribution >= 4 is 17.1 Å². The number of carbonyl (C=O) groups is 1. The molecule has 0 unspecified atom stereocenters. The number of aromatic nitrogens is 1. The van der Waals surface area contributed by atoms with Crippen molar-refractivity contribution in [2.24, 2.45) is 0 Å². The summed E-state index contributed by atoms with van der Waals surface area (Å²) in [6.07, 6.45) is 2.45. The number of carbonyl (C=O) groups excluding carboxylic acids is 1. The van der Waals surface area contributed by atoms with Gasteiger partial charge in [0, 0.05) is 23.9 Å². The molecule has 1 aromatic carbocycles. The van der Waals surface area contributed by atoms with Crippen LogP contribution in [-0.4, -0.2) is 10.8 Å². The molecule has 0 radical (unpaired) electrons. The van der Waals surface area contributed by atoms with Gasteiger partial charge in [0.05, 0.1) is 5.51 Å². The third-order valence-corrected chi connectivity index (χ3v) is 2.95. The number of rotatable bonds is 4. The van der Waals surface area contributed by atoms with E-state index in [1.54, 1.807) is 23.8 Å². The van der Waals surface area contributed by atoms with Crippen LogP contribution in [0.4, 0.5) is 4.39 Å². The fraction of sp³-hybridized carbons (Fsp3) is 0.167. The van der Waals surface area contributed by atoms with Gasteiger partial charge in [-0.1, -0.05) is 12.1 Å². The molecule has 2 nitrogen and oxygen atoms in total. The highest BCUT2D eigenvalue weighted by Crippen LogP contribution is 2.10. The highest BCUT2D eigenvalue weighted by molar-refractivity contribution is 7.09. The van der Waals surface area contributed by atoms with Gasteiger partial charge in [0.15, 0.2) is 0 Å². The van der Waals surface area contributed by atoms with Crippen LogP contribution in [0, 0.1) is 5.82 Å². The lowest BCUT2D eigenvalue weighted by molar-refractivity contribution is -0.117. The summed E-state index contributed by atoms with van der Waals surface area (Å²) in [5.74, 6) is -0.158. The monoisotopic (exact) mass is 235 g/mol. The summed E-state index contributed by atoms with van der Waals surface area (Å²) in [5, 5.41) is 0. The Labute approximate surface area is 96.8 Å². The van der Waals surface area contributed by atoms with Gasteiger partial charge in [-0.2, -0.15) is 0 Å². The molecular formula is C12H10FNOS. The van der Waals surface area contributed by atoms with E-state index in [9.17, 15) is 9.18 Å². The summed E-state index contributed by atoms with van der Waals surface area (Å²) >= 11 is 1.47. The second kappa shape index (κ2) is 4.99. The molecule has 0 aliphatic rings. The van der Waals surface area contributed by atoms with Crippen molar-refractivity contribution < 1.29 is 9.18 Å². The van der Waals surface area contributed by atoms with Crippen LogP contribution in [0.5, 0.6) is 0 Å². The molecule has 1 aromatic heterocycles. The maximum atomic E-state index is 12.6. The maximum absolute atomic E-state index is 12.6. The molecular weight excluding hydrogens is 225 g/mol. The average molecular weight is 235 g/mol. The summed E-state index contributed by atoms with van der Waals surface area (Å²) in [4.78, 5) is 16.5. The second-order valence-electron chi connectivity index (χ2n) is 3.49. The Kier molecular flexibility index (Phi) is 3.41. The highest BCUT2D eigenvalue weighted by atomic mass is 32.1. The van der Waals surface area contributed by atoms with Crippen molar-refractivity contribution in [3.8, 4) is 0 Å². The Bertz CT molecular complexity index is 464. The second-order valence-corrected chi connectivity index (χ2v) is 4.46. The normalized spacial score (nSPS) is 10.3. The van der Waals surface area contributed by atoms with Crippen molar-refractivity contribution in [1.29, 1.82) is 0 Å². The minimum absolute atomic E-state index is 0.121. The van der Waals surface area contributed by atoms with Crippen LogP contribution < -0.4 is 0 Å². The van der Waals surface area contributed by atoms with E-state index in [0.717, 1.165) is 10.4 Å². The van der Waals surface area contributed by atoms with E-state index < -0.39 is 0 Å². The largest absolute Gasteiger partial charge is 0.299 e. The van der Waals surface area contributed by atoms with Crippen LogP contribution in [0.3, 0.4) is 0 Å². The zero-order chi connectivity index (χ0) is 11.4. The number of benzene rings is 1. The third-order valence-electron chi connectivity index (χ3n) is 2.17. The molecule has 0 fully saturated rings. The van der Waals surface area contributed by atoms with Crippen molar-refractivity contribution in [2.45, 2.75) is 12.8 Å². The van der Waals surface area contributed by atoms with Gasteiger partial charge in [-0.3, -0.25) is 9.78 Å². The summed E-state index contributed by atoms with van der Waals surface area (Å²) in [5.41, 5.74) is 2.55. The van der Waals surface area contributed by atoms with Crippen LogP contribution >= 0.6 is 11.3 Å². The van der Waals surface area contributed by atoms with Crippen LogP contribution in [0.1, 0.15) is 10.4 Å². The van der Waals surface area contributed by atoms with E-state index in [2.05, 4.69) is 4.98 Å². The van der Waals surface area contributed by atoms with E-state index >= 15 is 0 Å². The number of halogens is 1. The summed E-state index contributed by atoms with van der Waals surface area (Å²) in [6, 6.07) is 6.02. The molecule has 0 amide bonds. The SMILES string of the molecule is O=C(Cc1ccc(F)cc1)Cc1cncs1. The van der Waals surface area contributed by atoms with Crippen molar-refractivity contribution in [1.82, 2.24) is 4.98 Å². The Morgan fingerprint density at radius 3 is 2.62 bits per heavy atom. The highest BCUT2D eigenvalue weighted by Gasteiger charge is 2.06. The van der Waals surface area contributed by atoms with Gasteiger partial charge >= 0.3 is 0 Å². The van der Waals surface area contributed by atoms with E-state index in [0.29, 0.717) is 12.8 Å². The lowest BCUT2D eigenvalue weighted by Crippen LogP contribution is -2.05. The smallest absolute Gasteiger partial charge is 0.142 e. The molecule has 0 aliphatic carbocycles. The molecule has 0 bridgehead atoms. The van der Waals surface area contributed by atoms with Crippen LogP contribution in [0.2, 0.25) is 0 Å².